The van der Waals surface area contributed by atoms with Gasteiger partial charge in [-0.3, -0.25) is 0 Å². The maximum atomic E-state index is 4.55. The minimum Gasteiger partial charge on any atom is -0.353 e. The highest BCUT2D eigenvalue weighted by molar-refractivity contribution is 5.39. The molecule has 0 bridgehead atoms. The monoisotopic (exact) mass is 234 g/mol. The molecule has 0 aromatic carbocycles. The average Bonchev–Trinajstić information content (AvgIpc) is 2.37. The number of hydrogen-bond acceptors (Lipinski definition) is 4. The van der Waals surface area contributed by atoms with Crippen LogP contribution in [0.1, 0.15) is 31.5 Å². The van der Waals surface area contributed by atoms with Crippen LogP contribution in [0.15, 0.2) is 12.3 Å². The van der Waals surface area contributed by atoms with E-state index in [0.717, 1.165) is 24.7 Å². The van der Waals surface area contributed by atoms with E-state index in [1.54, 1.807) is 0 Å². The highest BCUT2D eigenvalue weighted by Gasteiger charge is 2.22. The zero-order chi connectivity index (χ0) is 12.1. The van der Waals surface area contributed by atoms with Gasteiger partial charge in [-0.2, -0.15) is 0 Å². The van der Waals surface area contributed by atoms with Crippen molar-refractivity contribution in [1.29, 1.82) is 0 Å². The third-order valence-corrected chi connectivity index (χ3v) is 3.41. The van der Waals surface area contributed by atoms with Crippen LogP contribution < -0.4 is 10.2 Å². The minimum absolute atomic E-state index is 0.630. The van der Waals surface area contributed by atoms with Crippen molar-refractivity contribution in [2.75, 3.05) is 25.0 Å². The van der Waals surface area contributed by atoms with E-state index in [-0.39, 0.29) is 0 Å². The van der Waals surface area contributed by atoms with E-state index in [1.165, 1.54) is 25.7 Å². The van der Waals surface area contributed by atoms with E-state index >= 15 is 0 Å². The second kappa shape index (κ2) is 5.96. The fourth-order valence-corrected chi connectivity index (χ4v) is 2.52. The lowest BCUT2D eigenvalue weighted by Crippen LogP contribution is -2.41. The fraction of sp³-hybridized carbons (Fsp3) is 0.692. The predicted molar refractivity (Wildman–Crippen MR) is 70.3 cm³/mol. The van der Waals surface area contributed by atoms with Gasteiger partial charge in [-0.1, -0.05) is 0 Å². The molecule has 1 aromatic rings. The summed E-state index contributed by atoms with van der Waals surface area (Å²) < 4.78 is 0. The van der Waals surface area contributed by atoms with Gasteiger partial charge in [0.05, 0.1) is 0 Å². The largest absolute Gasteiger partial charge is 0.353 e. The summed E-state index contributed by atoms with van der Waals surface area (Å²) in [6.45, 7) is 4.16. The molecule has 4 nitrogen and oxygen atoms in total. The lowest BCUT2D eigenvalue weighted by Gasteiger charge is -2.36. The molecule has 0 radical (unpaired) electrons. The smallest absolute Gasteiger partial charge is 0.132 e. The van der Waals surface area contributed by atoms with Gasteiger partial charge >= 0.3 is 0 Å². The molecule has 0 amide bonds. The molecule has 4 heteroatoms. The molecule has 0 aliphatic carbocycles. The van der Waals surface area contributed by atoms with Crippen molar-refractivity contribution in [3.63, 3.8) is 0 Å². The van der Waals surface area contributed by atoms with Crippen LogP contribution in [0.25, 0.3) is 0 Å². The Labute approximate surface area is 103 Å². The van der Waals surface area contributed by atoms with Crippen molar-refractivity contribution in [3.05, 3.63) is 18.1 Å². The second-order valence-electron chi connectivity index (χ2n) is 4.70. The Morgan fingerprint density at radius 1 is 1.47 bits per heavy atom. The van der Waals surface area contributed by atoms with Crippen LogP contribution in [0.4, 0.5) is 5.82 Å². The third kappa shape index (κ3) is 3.16. The Bertz CT molecular complexity index is 353. The Balaban J connectivity index is 2.10. The summed E-state index contributed by atoms with van der Waals surface area (Å²) in [5.41, 5.74) is 0. The summed E-state index contributed by atoms with van der Waals surface area (Å²) in [4.78, 5) is 11.2. The zero-order valence-corrected chi connectivity index (χ0v) is 10.8. The Hall–Kier alpha value is -1.16. The molecular formula is C13H22N4. The number of piperidine rings is 1. The number of aromatic nitrogens is 2. The van der Waals surface area contributed by atoms with E-state index in [4.69, 9.17) is 0 Å². The Morgan fingerprint density at radius 2 is 2.35 bits per heavy atom. The molecule has 1 unspecified atom stereocenters. The molecule has 1 aliphatic rings. The first kappa shape index (κ1) is 12.3. The van der Waals surface area contributed by atoms with Crippen molar-refractivity contribution >= 4 is 5.82 Å². The van der Waals surface area contributed by atoms with Crippen molar-refractivity contribution in [3.8, 4) is 0 Å². The van der Waals surface area contributed by atoms with Crippen molar-refractivity contribution < 1.29 is 0 Å². The van der Waals surface area contributed by atoms with Gasteiger partial charge in [-0.05, 0) is 52.3 Å². The minimum atomic E-state index is 0.630. The zero-order valence-electron chi connectivity index (χ0n) is 10.8. The highest BCUT2D eigenvalue weighted by atomic mass is 15.2. The first-order valence-electron chi connectivity index (χ1n) is 6.52. The lowest BCUT2D eigenvalue weighted by molar-refractivity contribution is 0.430. The van der Waals surface area contributed by atoms with Gasteiger partial charge < -0.3 is 10.2 Å². The van der Waals surface area contributed by atoms with Gasteiger partial charge in [0, 0.05) is 18.8 Å². The van der Waals surface area contributed by atoms with Crippen molar-refractivity contribution in [2.45, 2.75) is 38.6 Å². The number of nitrogens with zero attached hydrogens (tertiary/aromatic N) is 3. The SMILES string of the molecule is CNCCC1CCCCN1c1ccnc(C)n1. The van der Waals surface area contributed by atoms with Crippen LogP contribution in [-0.2, 0) is 0 Å². The van der Waals surface area contributed by atoms with E-state index < -0.39 is 0 Å². The standard InChI is InChI=1S/C13H22N4/c1-11-15-9-7-13(16-11)17-10-4-3-5-12(17)6-8-14-2/h7,9,12,14H,3-6,8,10H2,1-2H3. The van der Waals surface area contributed by atoms with Gasteiger partial charge in [-0.15, -0.1) is 0 Å². The van der Waals surface area contributed by atoms with Gasteiger partial charge in [0.25, 0.3) is 0 Å². The molecule has 1 fully saturated rings. The van der Waals surface area contributed by atoms with Crippen LogP contribution in [0, 0.1) is 6.92 Å². The molecule has 1 atom stereocenters. The van der Waals surface area contributed by atoms with E-state index in [2.05, 4.69) is 20.2 Å². The molecule has 1 aliphatic heterocycles. The lowest BCUT2D eigenvalue weighted by atomic mass is 9.99. The summed E-state index contributed by atoms with van der Waals surface area (Å²) >= 11 is 0. The Kier molecular flexibility index (Phi) is 4.31. The maximum Gasteiger partial charge on any atom is 0.132 e. The summed E-state index contributed by atoms with van der Waals surface area (Å²) in [6, 6.07) is 2.66. The van der Waals surface area contributed by atoms with E-state index in [1.807, 2.05) is 26.2 Å². The molecule has 0 saturated carbocycles. The second-order valence-corrected chi connectivity index (χ2v) is 4.70. The first-order valence-corrected chi connectivity index (χ1v) is 6.52. The quantitative estimate of drug-likeness (QED) is 0.862. The molecule has 1 N–H and O–H groups in total. The molecule has 0 spiro atoms. The number of rotatable bonds is 4. The van der Waals surface area contributed by atoms with Gasteiger partial charge in [0.15, 0.2) is 0 Å². The highest BCUT2D eigenvalue weighted by Crippen LogP contribution is 2.24. The summed E-state index contributed by atoms with van der Waals surface area (Å²) in [7, 11) is 2.02. The normalized spacial score (nSPS) is 20.6. The van der Waals surface area contributed by atoms with Crippen LogP contribution in [0.5, 0.6) is 0 Å². The van der Waals surface area contributed by atoms with Crippen molar-refractivity contribution in [1.82, 2.24) is 15.3 Å². The topological polar surface area (TPSA) is 41.0 Å². The van der Waals surface area contributed by atoms with Crippen LogP contribution in [0.2, 0.25) is 0 Å². The van der Waals surface area contributed by atoms with E-state index in [0.29, 0.717) is 6.04 Å². The average molecular weight is 234 g/mol. The van der Waals surface area contributed by atoms with Crippen LogP contribution in [0.3, 0.4) is 0 Å². The number of anilines is 1. The summed E-state index contributed by atoms with van der Waals surface area (Å²) in [5, 5.41) is 3.24. The van der Waals surface area contributed by atoms with Crippen molar-refractivity contribution in [2.24, 2.45) is 0 Å². The molecule has 17 heavy (non-hydrogen) atoms. The Morgan fingerprint density at radius 3 is 3.12 bits per heavy atom. The first-order chi connectivity index (χ1) is 8.31. The van der Waals surface area contributed by atoms with E-state index in [9.17, 15) is 0 Å². The predicted octanol–water partition coefficient (Wildman–Crippen LogP) is 1.75. The maximum absolute atomic E-state index is 4.55. The van der Waals surface area contributed by atoms with Gasteiger partial charge in [0.2, 0.25) is 0 Å². The third-order valence-electron chi connectivity index (χ3n) is 3.41. The summed E-state index contributed by atoms with van der Waals surface area (Å²) in [6.07, 6.45) is 6.96. The molecule has 2 rings (SSSR count). The number of hydrogen-bond donors (Lipinski definition) is 1. The van der Waals surface area contributed by atoms with Gasteiger partial charge in [0.1, 0.15) is 11.6 Å². The fourth-order valence-electron chi connectivity index (χ4n) is 2.52. The molecular weight excluding hydrogens is 212 g/mol. The molecule has 2 heterocycles. The summed E-state index contributed by atoms with van der Waals surface area (Å²) in [5.74, 6) is 1.96. The molecule has 1 saturated heterocycles. The van der Waals surface area contributed by atoms with Crippen LogP contribution in [-0.4, -0.2) is 36.1 Å². The molecule has 1 aromatic heterocycles. The number of aryl methyl sites for hydroxylation is 1. The van der Waals surface area contributed by atoms with Crippen LogP contribution >= 0.6 is 0 Å². The van der Waals surface area contributed by atoms with Gasteiger partial charge in [-0.25, -0.2) is 9.97 Å². The molecule has 94 valence electrons. The number of nitrogens with one attached hydrogen (secondary N) is 1.